The van der Waals surface area contributed by atoms with E-state index in [1.807, 2.05) is 18.2 Å². The van der Waals surface area contributed by atoms with Gasteiger partial charge in [-0.2, -0.15) is 4.98 Å². The van der Waals surface area contributed by atoms with Gasteiger partial charge in [0.1, 0.15) is 12.2 Å². The molecule has 0 unspecified atom stereocenters. The van der Waals surface area contributed by atoms with Crippen molar-refractivity contribution in [1.29, 1.82) is 0 Å². The first-order valence-electron chi connectivity index (χ1n) is 8.60. The van der Waals surface area contributed by atoms with E-state index in [0.29, 0.717) is 30.0 Å². The number of rotatable bonds is 6. The van der Waals surface area contributed by atoms with Crippen molar-refractivity contribution in [3.8, 4) is 11.5 Å². The first-order chi connectivity index (χ1) is 12.1. The second kappa shape index (κ2) is 8.06. The highest BCUT2D eigenvalue weighted by molar-refractivity contribution is 5.73. The van der Waals surface area contributed by atoms with Crippen LogP contribution in [0.5, 0.6) is 0 Å². The average molecular weight is 344 g/mol. The molecule has 0 bridgehead atoms. The lowest BCUT2D eigenvalue weighted by atomic mass is 10.3. The zero-order chi connectivity index (χ0) is 17.6. The van der Waals surface area contributed by atoms with E-state index in [0.717, 1.165) is 13.1 Å². The summed E-state index contributed by atoms with van der Waals surface area (Å²) < 4.78 is 5.22. The molecule has 0 radical (unpaired) electrons. The number of nitrogens with zero attached hydrogens (tertiary/aromatic N) is 5. The van der Waals surface area contributed by atoms with Gasteiger partial charge < -0.3 is 14.7 Å². The summed E-state index contributed by atoms with van der Waals surface area (Å²) in [5.74, 6) is 0.804. The highest BCUT2D eigenvalue weighted by Gasteiger charge is 2.20. The van der Waals surface area contributed by atoms with E-state index in [-0.39, 0.29) is 12.6 Å². The molecule has 2 aromatic heterocycles. The van der Waals surface area contributed by atoms with Gasteiger partial charge in [-0.15, -0.1) is 0 Å². The maximum absolute atomic E-state index is 12.2. The van der Waals surface area contributed by atoms with Crippen LogP contribution in [0.1, 0.15) is 25.7 Å². The molecule has 2 amide bonds. The predicted molar refractivity (Wildman–Crippen MR) is 92.7 cm³/mol. The maximum atomic E-state index is 12.2. The van der Waals surface area contributed by atoms with Gasteiger partial charge in [-0.3, -0.25) is 9.88 Å². The molecule has 2 aromatic rings. The Morgan fingerprint density at radius 3 is 2.92 bits per heavy atom. The molecule has 134 valence electrons. The molecule has 3 heterocycles. The van der Waals surface area contributed by atoms with E-state index >= 15 is 0 Å². The molecular weight excluding hydrogens is 320 g/mol. The number of aromatic nitrogens is 3. The summed E-state index contributed by atoms with van der Waals surface area (Å²) >= 11 is 0. The van der Waals surface area contributed by atoms with Crippen LogP contribution in [0.15, 0.2) is 28.9 Å². The Kier molecular flexibility index (Phi) is 5.60. The van der Waals surface area contributed by atoms with Gasteiger partial charge in [-0.05, 0) is 45.0 Å². The number of nitrogens with one attached hydrogen (secondary N) is 1. The van der Waals surface area contributed by atoms with Crippen LogP contribution in [0.25, 0.3) is 11.5 Å². The Labute approximate surface area is 147 Å². The lowest BCUT2D eigenvalue weighted by molar-refractivity contribution is 0.192. The Morgan fingerprint density at radius 1 is 1.40 bits per heavy atom. The fraction of sp³-hybridized carbons (Fsp3) is 0.529. The van der Waals surface area contributed by atoms with E-state index in [9.17, 15) is 4.79 Å². The smallest absolute Gasteiger partial charge is 0.317 e. The zero-order valence-corrected chi connectivity index (χ0v) is 14.7. The third kappa shape index (κ3) is 4.54. The molecule has 1 aliphatic heterocycles. The highest BCUT2D eigenvalue weighted by atomic mass is 16.5. The fourth-order valence-corrected chi connectivity index (χ4v) is 2.87. The summed E-state index contributed by atoms with van der Waals surface area (Å²) in [5, 5.41) is 6.87. The number of carbonyl (C=O) groups excluding carboxylic acids is 1. The van der Waals surface area contributed by atoms with Crippen molar-refractivity contribution in [3.05, 3.63) is 30.3 Å². The first-order valence-corrected chi connectivity index (χ1v) is 8.60. The maximum Gasteiger partial charge on any atom is 0.317 e. The molecule has 3 rings (SSSR count). The highest BCUT2D eigenvalue weighted by Crippen LogP contribution is 2.13. The topological polar surface area (TPSA) is 87.4 Å². The predicted octanol–water partition coefficient (Wildman–Crippen LogP) is 1.76. The number of carbonyl (C=O) groups is 1. The van der Waals surface area contributed by atoms with Gasteiger partial charge in [-0.1, -0.05) is 11.2 Å². The first kappa shape index (κ1) is 17.3. The van der Waals surface area contributed by atoms with E-state index in [4.69, 9.17) is 4.52 Å². The molecular formula is C17H24N6O2. The molecule has 0 aliphatic carbocycles. The van der Waals surface area contributed by atoms with Crippen molar-refractivity contribution in [3.63, 3.8) is 0 Å². The van der Waals surface area contributed by atoms with Crippen molar-refractivity contribution >= 4 is 6.03 Å². The van der Waals surface area contributed by atoms with Crippen LogP contribution < -0.4 is 5.32 Å². The average Bonchev–Trinajstić information content (AvgIpc) is 3.32. The normalized spacial score (nSPS) is 15.9. The fourth-order valence-electron chi connectivity index (χ4n) is 2.87. The van der Waals surface area contributed by atoms with Crippen LogP contribution in [0.2, 0.25) is 0 Å². The van der Waals surface area contributed by atoms with Crippen molar-refractivity contribution in [1.82, 2.24) is 30.2 Å². The van der Waals surface area contributed by atoms with Crippen molar-refractivity contribution < 1.29 is 9.32 Å². The minimum Gasteiger partial charge on any atom is -0.337 e. The second-order valence-corrected chi connectivity index (χ2v) is 6.36. The van der Waals surface area contributed by atoms with Crippen LogP contribution in [0.4, 0.5) is 4.79 Å². The number of hydrogen-bond acceptors (Lipinski definition) is 6. The summed E-state index contributed by atoms with van der Waals surface area (Å²) in [7, 11) is 1.71. The van der Waals surface area contributed by atoms with E-state index in [1.165, 1.54) is 17.7 Å². The molecule has 0 saturated carbocycles. The van der Waals surface area contributed by atoms with Crippen LogP contribution in [-0.2, 0) is 6.54 Å². The minimum atomic E-state index is -0.149. The van der Waals surface area contributed by atoms with Crippen molar-refractivity contribution in [2.24, 2.45) is 0 Å². The van der Waals surface area contributed by atoms with Crippen molar-refractivity contribution in [2.45, 2.75) is 32.4 Å². The molecule has 1 fully saturated rings. The quantitative estimate of drug-likeness (QED) is 0.859. The molecule has 1 N–H and O–H groups in total. The summed E-state index contributed by atoms with van der Waals surface area (Å²) in [6, 6.07) is 5.69. The van der Waals surface area contributed by atoms with Gasteiger partial charge in [0.2, 0.25) is 11.7 Å². The number of hydrogen-bond donors (Lipinski definition) is 1. The van der Waals surface area contributed by atoms with E-state index < -0.39 is 0 Å². The van der Waals surface area contributed by atoms with Crippen LogP contribution in [-0.4, -0.2) is 63.7 Å². The molecule has 8 heteroatoms. The molecule has 1 aliphatic rings. The standard InChI is InChI=1S/C17H24N6O2/c1-13(23-9-5-6-10-23)11-19-17(24)22(2)12-15-20-16(21-25-15)14-7-3-4-8-18-14/h3-4,7-8,13H,5-6,9-12H2,1-2H3,(H,19,24)/t13-/m0/s1. The molecule has 0 spiro atoms. The Hall–Kier alpha value is -2.48. The molecule has 25 heavy (non-hydrogen) atoms. The van der Waals surface area contributed by atoms with Crippen LogP contribution >= 0.6 is 0 Å². The number of amides is 2. The lowest BCUT2D eigenvalue weighted by Crippen LogP contribution is -2.44. The summed E-state index contributed by atoms with van der Waals surface area (Å²) in [6.45, 7) is 5.26. The summed E-state index contributed by atoms with van der Waals surface area (Å²) in [5.41, 5.74) is 0.643. The largest absolute Gasteiger partial charge is 0.337 e. The second-order valence-electron chi connectivity index (χ2n) is 6.36. The van der Waals surface area contributed by atoms with Gasteiger partial charge in [-0.25, -0.2) is 4.79 Å². The van der Waals surface area contributed by atoms with Crippen LogP contribution in [0.3, 0.4) is 0 Å². The summed E-state index contributed by atoms with van der Waals surface area (Å²) in [4.78, 5) is 24.6. The Balaban J connectivity index is 1.49. The van der Waals surface area contributed by atoms with Gasteiger partial charge in [0.25, 0.3) is 0 Å². The van der Waals surface area contributed by atoms with Gasteiger partial charge in [0.05, 0.1) is 0 Å². The van der Waals surface area contributed by atoms with Gasteiger partial charge in [0.15, 0.2) is 0 Å². The van der Waals surface area contributed by atoms with E-state index in [1.54, 1.807) is 13.2 Å². The SMILES string of the molecule is C[C@@H](CNC(=O)N(C)Cc1nc(-c2ccccn2)no1)N1CCCC1. The monoisotopic (exact) mass is 344 g/mol. The third-order valence-electron chi connectivity index (χ3n) is 4.39. The van der Waals surface area contributed by atoms with Gasteiger partial charge in [0, 0.05) is 25.8 Å². The molecule has 8 nitrogen and oxygen atoms in total. The minimum absolute atomic E-state index is 0.149. The van der Waals surface area contributed by atoms with Crippen molar-refractivity contribution in [2.75, 3.05) is 26.7 Å². The Morgan fingerprint density at radius 2 is 2.20 bits per heavy atom. The molecule has 1 atom stereocenters. The van der Waals surface area contributed by atoms with E-state index in [2.05, 4.69) is 32.3 Å². The van der Waals surface area contributed by atoms with Gasteiger partial charge >= 0.3 is 6.03 Å². The number of pyridine rings is 1. The number of likely N-dealkylation sites (tertiary alicyclic amines) is 1. The third-order valence-corrected chi connectivity index (χ3v) is 4.39. The molecule has 0 aromatic carbocycles. The van der Waals surface area contributed by atoms with Crippen LogP contribution in [0, 0.1) is 0 Å². The Bertz CT molecular complexity index is 683. The zero-order valence-electron chi connectivity index (χ0n) is 14.7. The number of urea groups is 1. The lowest BCUT2D eigenvalue weighted by Gasteiger charge is -2.25. The molecule has 1 saturated heterocycles. The summed E-state index contributed by atoms with van der Waals surface area (Å²) in [6.07, 6.45) is 4.16.